The second-order valence-corrected chi connectivity index (χ2v) is 7.00. The average molecular weight is 309 g/mol. The third kappa shape index (κ3) is 2.89. The minimum Gasteiger partial charge on any atom is -0.299 e. The summed E-state index contributed by atoms with van der Waals surface area (Å²) in [4.78, 5) is 12.2. The molecule has 0 saturated carbocycles. The number of hydrogen-bond donors (Lipinski definition) is 0. The van der Waals surface area contributed by atoms with Gasteiger partial charge in [0.2, 0.25) is 0 Å². The molecule has 1 fully saturated rings. The van der Waals surface area contributed by atoms with Crippen LogP contribution in [0.1, 0.15) is 24.8 Å². The molecule has 22 heavy (non-hydrogen) atoms. The molecule has 1 aliphatic heterocycles. The van der Waals surface area contributed by atoms with Gasteiger partial charge in [-0.3, -0.25) is 4.90 Å². The molecule has 1 aliphatic rings. The Bertz CT molecular complexity index is 724. The Hall–Kier alpha value is -1.78. The van der Waals surface area contributed by atoms with Crippen molar-refractivity contribution in [1.82, 2.24) is 14.9 Å². The van der Waals surface area contributed by atoms with E-state index in [0.29, 0.717) is 0 Å². The number of piperidine rings is 1. The molecule has 0 bridgehead atoms. The van der Waals surface area contributed by atoms with Crippen LogP contribution in [0.5, 0.6) is 0 Å². The Labute approximate surface area is 134 Å². The summed E-state index contributed by atoms with van der Waals surface area (Å²) in [6, 6.07) is 11.1. The molecule has 0 spiro atoms. The molecule has 0 N–H and O–H groups in total. The average Bonchev–Trinajstić information content (AvgIpc) is 3.00. The highest BCUT2D eigenvalue weighted by Gasteiger charge is 2.11. The minimum absolute atomic E-state index is 1.03. The zero-order chi connectivity index (χ0) is 14.8. The number of rotatable bonds is 3. The summed E-state index contributed by atoms with van der Waals surface area (Å²) in [5.74, 6) is 0. The lowest BCUT2D eigenvalue weighted by atomic mass is 10.1. The molecule has 0 atom stereocenters. The van der Waals surface area contributed by atoms with Crippen molar-refractivity contribution in [2.24, 2.45) is 0 Å². The Kier molecular flexibility index (Phi) is 3.87. The molecule has 0 amide bonds. The molecule has 0 aliphatic carbocycles. The summed E-state index contributed by atoms with van der Waals surface area (Å²) < 4.78 is 1.15. The first kappa shape index (κ1) is 13.9. The van der Waals surface area contributed by atoms with E-state index in [-0.39, 0.29) is 0 Å². The van der Waals surface area contributed by atoms with Gasteiger partial charge in [-0.15, -0.1) is 11.3 Å². The monoisotopic (exact) mass is 309 g/mol. The zero-order valence-electron chi connectivity index (χ0n) is 12.5. The van der Waals surface area contributed by atoms with Gasteiger partial charge in [0, 0.05) is 17.6 Å². The Balaban J connectivity index is 1.53. The summed E-state index contributed by atoms with van der Waals surface area (Å²) in [6.45, 7) is 3.58. The Morgan fingerprint density at radius 2 is 1.86 bits per heavy atom. The van der Waals surface area contributed by atoms with E-state index in [4.69, 9.17) is 0 Å². The number of aromatic nitrogens is 2. The van der Waals surface area contributed by atoms with Crippen LogP contribution in [0.15, 0.2) is 42.9 Å². The summed E-state index contributed by atoms with van der Waals surface area (Å²) >= 11 is 1.76. The molecule has 2 aromatic heterocycles. The molecule has 1 aromatic carbocycles. The van der Waals surface area contributed by atoms with Crippen molar-refractivity contribution in [3.8, 4) is 10.4 Å². The molecule has 0 radical (unpaired) electrons. The van der Waals surface area contributed by atoms with Crippen molar-refractivity contribution in [2.45, 2.75) is 25.8 Å². The smallest absolute Gasteiger partial charge is 0.116 e. The summed E-state index contributed by atoms with van der Waals surface area (Å²) in [7, 11) is 0. The van der Waals surface area contributed by atoms with Gasteiger partial charge in [-0.25, -0.2) is 9.97 Å². The van der Waals surface area contributed by atoms with Gasteiger partial charge in [-0.2, -0.15) is 0 Å². The van der Waals surface area contributed by atoms with Crippen molar-refractivity contribution in [3.63, 3.8) is 0 Å². The fourth-order valence-electron chi connectivity index (χ4n) is 3.08. The molecular weight excluding hydrogens is 290 g/mol. The summed E-state index contributed by atoms with van der Waals surface area (Å²) in [5, 5.41) is 0. The first-order valence-electron chi connectivity index (χ1n) is 7.90. The Morgan fingerprint density at radius 1 is 1.05 bits per heavy atom. The van der Waals surface area contributed by atoms with Crippen LogP contribution < -0.4 is 0 Å². The number of hydrogen-bond acceptors (Lipinski definition) is 4. The fourth-order valence-corrected chi connectivity index (χ4v) is 4.07. The summed E-state index contributed by atoms with van der Waals surface area (Å²) in [6.07, 6.45) is 7.59. The molecule has 3 nitrogen and oxygen atoms in total. The lowest BCUT2D eigenvalue weighted by Gasteiger charge is -2.26. The highest BCUT2D eigenvalue weighted by molar-refractivity contribution is 7.22. The SMILES string of the molecule is c1ncc2sc(-c3ccc(CN4CCCCC4)cc3)cc2n1. The Morgan fingerprint density at radius 3 is 2.64 bits per heavy atom. The number of thiophene rings is 1. The summed E-state index contributed by atoms with van der Waals surface area (Å²) in [5.41, 5.74) is 3.71. The van der Waals surface area contributed by atoms with Gasteiger partial charge in [-0.1, -0.05) is 30.7 Å². The van der Waals surface area contributed by atoms with E-state index in [1.54, 1.807) is 17.7 Å². The van der Waals surface area contributed by atoms with Gasteiger partial charge in [0.15, 0.2) is 0 Å². The third-order valence-electron chi connectivity index (χ3n) is 4.29. The maximum Gasteiger partial charge on any atom is 0.116 e. The van der Waals surface area contributed by atoms with Crippen molar-refractivity contribution in [3.05, 3.63) is 48.4 Å². The van der Waals surface area contributed by atoms with Gasteiger partial charge < -0.3 is 0 Å². The van der Waals surface area contributed by atoms with Crippen LogP contribution in [0.4, 0.5) is 0 Å². The number of fused-ring (bicyclic) bond motifs is 1. The van der Waals surface area contributed by atoms with Crippen LogP contribution >= 0.6 is 11.3 Å². The largest absolute Gasteiger partial charge is 0.299 e. The van der Waals surface area contributed by atoms with Gasteiger partial charge in [0.05, 0.1) is 10.2 Å². The van der Waals surface area contributed by atoms with Crippen LogP contribution in [0.3, 0.4) is 0 Å². The van der Waals surface area contributed by atoms with Crippen molar-refractivity contribution < 1.29 is 0 Å². The molecule has 112 valence electrons. The van der Waals surface area contributed by atoms with Gasteiger partial charge >= 0.3 is 0 Å². The first-order valence-corrected chi connectivity index (χ1v) is 8.71. The van der Waals surface area contributed by atoms with Crippen LogP contribution in [0, 0.1) is 0 Å². The van der Waals surface area contributed by atoms with Crippen LogP contribution in [0.2, 0.25) is 0 Å². The van der Waals surface area contributed by atoms with Crippen LogP contribution in [-0.4, -0.2) is 28.0 Å². The van der Waals surface area contributed by atoms with Crippen molar-refractivity contribution in [2.75, 3.05) is 13.1 Å². The lowest BCUT2D eigenvalue weighted by Crippen LogP contribution is -2.28. The van der Waals surface area contributed by atoms with E-state index in [2.05, 4.69) is 45.2 Å². The second-order valence-electron chi connectivity index (χ2n) is 5.92. The first-order chi connectivity index (χ1) is 10.9. The molecular formula is C18H19N3S. The molecule has 4 heteroatoms. The van der Waals surface area contributed by atoms with E-state index in [9.17, 15) is 0 Å². The predicted octanol–water partition coefficient (Wildman–Crippen LogP) is 4.34. The fraction of sp³-hybridized carbons (Fsp3) is 0.333. The van der Waals surface area contributed by atoms with Crippen molar-refractivity contribution in [1.29, 1.82) is 0 Å². The number of benzene rings is 1. The number of likely N-dealkylation sites (tertiary alicyclic amines) is 1. The van der Waals surface area contributed by atoms with E-state index in [1.807, 2.05) is 6.20 Å². The third-order valence-corrected chi connectivity index (χ3v) is 5.40. The van der Waals surface area contributed by atoms with Gasteiger partial charge in [-0.05, 0) is 43.1 Å². The minimum atomic E-state index is 1.03. The van der Waals surface area contributed by atoms with E-state index >= 15 is 0 Å². The zero-order valence-corrected chi connectivity index (χ0v) is 13.4. The highest BCUT2D eigenvalue weighted by Crippen LogP contribution is 2.32. The second kappa shape index (κ2) is 6.15. The number of nitrogens with zero attached hydrogens (tertiary/aromatic N) is 3. The van der Waals surface area contributed by atoms with Crippen LogP contribution in [-0.2, 0) is 6.54 Å². The maximum absolute atomic E-state index is 4.31. The van der Waals surface area contributed by atoms with E-state index < -0.39 is 0 Å². The van der Waals surface area contributed by atoms with E-state index in [0.717, 1.165) is 16.8 Å². The highest BCUT2D eigenvalue weighted by atomic mass is 32.1. The molecule has 3 aromatic rings. The van der Waals surface area contributed by atoms with Crippen molar-refractivity contribution >= 4 is 21.6 Å². The topological polar surface area (TPSA) is 29.0 Å². The predicted molar refractivity (Wildman–Crippen MR) is 92.0 cm³/mol. The molecule has 3 heterocycles. The standard InChI is InChI=1S/C18H19N3S/c1-2-8-21(9-3-1)12-14-4-6-15(7-5-14)17-10-16-18(22-17)11-19-13-20-16/h4-7,10-11,13H,1-3,8-9,12H2. The quantitative estimate of drug-likeness (QED) is 0.720. The molecule has 1 saturated heterocycles. The van der Waals surface area contributed by atoms with Gasteiger partial charge in [0.25, 0.3) is 0 Å². The lowest BCUT2D eigenvalue weighted by molar-refractivity contribution is 0.221. The molecule has 4 rings (SSSR count). The molecule has 0 unspecified atom stereocenters. The van der Waals surface area contributed by atoms with E-state index in [1.165, 1.54) is 48.4 Å². The normalized spacial score (nSPS) is 16.2. The maximum atomic E-state index is 4.31. The van der Waals surface area contributed by atoms with Crippen LogP contribution in [0.25, 0.3) is 20.7 Å². The van der Waals surface area contributed by atoms with Gasteiger partial charge in [0.1, 0.15) is 6.33 Å².